The number of sulfone groups is 5. The van der Waals surface area contributed by atoms with Gasteiger partial charge in [0.25, 0.3) is 0 Å². The van der Waals surface area contributed by atoms with E-state index in [9.17, 15) is 66.7 Å². The number of carboxylic acid groups (broad SMARTS) is 3. The molecule has 15 heterocycles. The molecule has 0 aliphatic carbocycles. The molecule has 43 heteroatoms. The Morgan fingerprint density at radius 1 is 0.347 bits per heavy atom. The second-order valence-corrected chi connectivity index (χ2v) is 50.8. The van der Waals surface area contributed by atoms with Gasteiger partial charge in [0.2, 0.25) is 5.88 Å². The van der Waals surface area contributed by atoms with E-state index in [1.165, 1.54) is 22.7 Å². The van der Waals surface area contributed by atoms with E-state index < -0.39 is 98.9 Å². The van der Waals surface area contributed by atoms with Crippen LogP contribution in [0.25, 0.3) is 166 Å². The van der Waals surface area contributed by atoms with Crippen LogP contribution in [0.1, 0.15) is 131 Å². The fraction of sp³-hybridized carbons (Fsp3) is 0.183. The zero-order valence-corrected chi connectivity index (χ0v) is 87.3. The number of methoxy groups -OCH3 is 1. The van der Waals surface area contributed by atoms with E-state index in [0.29, 0.717) is 111 Å². The van der Waals surface area contributed by atoms with Crippen LogP contribution in [0.5, 0.6) is 5.88 Å². The van der Waals surface area contributed by atoms with Crippen LogP contribution in [0.15, 0.2) is 279 Å². The monoisotopic (exact) mass is 2140 g/mol. The summed E-state index contributed by atoms with van der Waals surface area (Å²) in [6.07, 6.45) is 20.3. The number of carboxylic acids is 3. The van der Waals surface area contributed by atoms with E-state index in [4.69, 9.17) is 24.9 Å². The average molecular weight is 2150 g/mol. The minimum Gasteiger partial charge on any atom is -0.481 e. The molecule has 15 aromatic heterocycles. The molecule has 0 amide bonds. The summed E-state index contributed by atoms with van der Waals surface area (Å²) >= 11 is 3.65. The number of H-pyrrole nitrogens is 5. The van der Waals surface area contributed by atoms with Gasteiger partial charge in [0, 0.05) is 134 Å². The summed E-state index contributed by atoms with van der Waals surface area (Å²) in [4.78, 5) is 107. The van der Waals surface area contributed by atoms with Crippen molar-refractivity contribution in [3.05, 3.63) is 276 Å². The summed E-state index contributed by atoms with van der Waals surface area (Å²) in [5.74, 6) is -2.42. The number of rotatable bonds is 25. The lowest BCUT2D eigenvalue weighted by Gasteiger charge is -2.17. The predicted octanol–water partition coefficient (Wildman–Crippen LogP) is 22.9. The number of aromatic nitrogens is 17. The van der Waals surface area contributed by atoms with E-state index in [0.717, 1.165) is 83.1 Å². The van der Waals surface area contributed by atoms with Crippen LogP contribution in [-0.4, -0.2) is 199 Å². The number of thiophene rings is 3. The van der Waals surface area contributed by atoms with Gasteiger partial charge in [-0.25, -0.2) is 111 Å². The molecule has 20 rings (SSSR count). The number of nitrogens with zero attached hydrogens (tertiary/aromatic N) is 12. The van der Waals surface area contributed by atoms with Crippen LogP contribution in [-0.2, 0) is 54.8 Å². The minimum absolute atomic E-state index is 0. The number of benzene rings is 5. The Morgan fingerprint density at radius 2 is 0.680 bits per heavy atom. The molecule has 0 unspecified atom stereocenters. The van der Waals surface area contributed by atoms with E-state index >= 15 is 0 Å². The number of ether oxygens (including phenoxy) is 1. The van der Waals surface area contributed by atoms with E-state index in [1.807, 2.05) is 30.6 Å². The van der Waals surface area contributed by atoms with Crippen molar-refractivity contribution in [3.8, 4) is 117 Å². The van der Waals surface area contributed by atoms with Crippen LogP contribution < -0.4 is 4.74 Å². The molecule has 0 aliphatic heterocycles. The predicted molar refractivity (Wildman–Crippen MR) is 586 cm³/mol. The number of hydrogen-bond donors (Lipinski definition) is 9. The second kappa shape index (κ2) is 42.3. The second-order valence-electron chi connectivity index (χ2n) is 35.4. The van der Waals surface area contributed by atoms with Gasteiger partial charge in [-0.15, -0.1) is 34.0 Å². The maximum Gasteiger partial charge on any atom is 0.345 e. The molecule has 0 saturated heterocycles. The topological polar surface area (TPSA) is 546 Å². The number of fused-ring (bicyclic) bond motifs is 5. The fourth-order valence-electron chi connectivity index (χ4n) is 15.1. The smallest absolute Gasteiger partial charge is 0.345 e. The molecule has 0 aliphatic rings. The Balaban J connectivity index is 0.000000259. The standard InChI is InChI=1S/C23H24N4O3S.C21H20N4O3S.3C20H17N3O4S2.9H2/c1-14(2)31(29,30)18-7-5-15(6-8-18)20-13-26-22-21(27-20)19(12-25-22)16-9-17(11-24-10-16)23(3,4)28;1-13(2)29(26,27)15-9-7-14(8-10-15)18-12-23-21-20(25-18)16(11-22-21)17-5-4-6-19(24-17)28-3;1-11(2)29(26,27)14-5-3-12(4-6-14)16-9-22-19-18(23-16)15(8-21-19)13-7-17(20(24)25)28-10-13;1-11(2)29(26,27)13-5-3-12(4-6-13)15-10-22-19-18(23-15)14(9-21-19)16-7-8-17(28-16)20(24)25;1-11(2)29(26,27)13-5-3-12(4-6-13)16-10-22-19-17(23-16)15(9-21-19)18-14(20(24)25)7-8-28-18;;;;;;;;;/h5-14,28H,1-4H3,(H,25,26);4-13H,1-3H3,(H,22,23);3*3-11H,1-2H3,(H,21,22)(H,24,25);9*1H. The molecule has 0 radical (unpaired) electrons. The molecular weight excluding hydrogens is 2030 g/mol. The van der Waals surface area contributed by atoms with Gasteiger partial charge in [-0.3, -0.25) is 4.98 Å². The Hall–Kier alpha value is -15.5. The largest absolute Gasteiger partial charge is 0.481 e. The van der Waals surface area contributed by atoms with Crippen molar-refractivity contribution in [2.75, 3.05) is 7.11 Å². The first-order valence-electron chi connectivity index (χ1n) is 45.4. The van der Waals surface area contributed by atoms with Crippen molar-refractivity contribution in [3.63, 3.8) is 0 Å². The molecule has 9 N–H and O–H groups in total. The summed E-state index contributed by atoms with van der Waals surface area (Å²) < 4.78 is 128. The van der Waals surface area contributed by atoms with E-state index in [1.54, 1.807) is 315 Å². The summed E-state index contributed by atoms with van der Waals surface area (Å²) in [6, 6.07) is 47.0. The Kier molecular flexibility index (Phi) is 30.0. The Bertz CT molecular complexity index is 8850. The van der Waals surface area contributed by atoms with Crippen molar-refractivity contribution in [1.82, 2.24) is 84.7 Å². The number of aromatic carboxylic acids is 3. The van der Waals surface area contributed by atoms with Gasteiger partial charge in [-0.05, 0) is 196 Å². The quantitative estimate of drug-likeness (QED) is 0.0257. The van der Waals surface area contributed by atoms with Crippen molar-refractivity contribution in [2.24, 2.45) is 0 Å². The minimum atomic E-state index is -3.35. The molecule has 20 aromatic rings. The van der Waals surface area contributed by atoms with Gasteiger partial charge >= 0.3 is 17.9 Å². The van der Waals surface area contributed by atoms with E-state index in [2.05, 4.69) is 74.8 Å². The Labute approximate surface area is 869 Å². The number of aromatic amines is 5. The molecule has 5 aromatic carbocycles. The lowest BCUT2D eigenvalue weighted by molar-refractivity contribution is 0.0688. The first kappa shape index (κ1) is 104. The average Bonchev–Trinajstić information content (AvgIpc) is 1.63. The van der Waals surface area contributed by atoms with Crippen molar-refractivity contribution in [1.29, 1.82) is 0 Å². The molecule has 0 atom stereocenters. The van der Waals surface area contributed by atoms with Crippen LogP contribution in [0, 0.1) is 0 Å². The maximum atomic E-state index is 12.4. The Morgan fingerprint density at radius 3 is 1.01 bits per heavy atom. The summed E-state index contributed by atoms with van der Waals surface area (Å²) in [7, 11) is -15.1. The van der Waals surface area contributed by atoms with Gasteiger partial charge in [-0.2, -0.15) is 0 Å². The fourth-order valence-corrected chi connectivity index (χ4v) is 22.9. The SMILES string of the molecule is CC(C)S(=O)(=O)c1ccc(-c2cnc3[nH]cc(-c4ccc(C(=O)O)s4)c3n2)cc1.CC(C)S(=O)(=O)c1ccc(-c2cnc3[nH]cc(-c4cncc(C(C)(C)O)c4)c3n2)cc1.CC(C)S(=O)(=O)c1ccc(-c2cnc3[nH]cc(-c4csc(C(=O)O)c4)c3n2)cc1.CC(C)S(=O)(=O)c1ccc(-c2cnc3[nH]cc(-c4sccc4C(=O)O)c3n2)cc1.COc1cccc(-c2c[nH]c3ncc(-c4ccc(S(=O)(=O)C(C)C)cc4)nc23)n1.[HH].[HH].[HH].[HH].[HH].[HH].[HH].[HH].[HH]. The van der Waals surface area contributed by atoms with Crippen LogP contribution >= 0.6 is 34.0 Å². The van der Waals surface area contributed by atoms with Gasteiger partial charge in [0.15, 0.2) is 77.4 Å². The number of hydrogen-bond acceptors (Lipinski definition) is 30. The molecule has 770 valence electrons. The van der Waals surface area contributed by atoms with E-state index in [-0.39, 0.29) is 47.7 Å². The van der Waals surface area contributed by atoms with Crippen molar-refractivity contribution >= 4 is 157 Å². The molecule has 0 spiro atoms. The molecule has 0 fully saturated rings. The van der Waals surface area contributed by atoms with Gasteiger partial charge in [0.1, 0.15) is 37.3 Å². The number of aliphatic hydroxyl groups is 1. The highest BCUT2D eigenvalue weighted by molar-refractivity contribution is 7.93. The third-order valence-corrected chi connectivity index (χ3v) is 37.5. The van der Waals surface area contributed by atoms with Crippen LogP contribution in [0.2, 0.25) is 0 Å². The van der Waals surface area contributed by atoms with Gasteiger partial charge < -0.3 is 50.1 Å². The highest BCUT2D eigenvalue weighted by Crippen LogP contribution is 2.41. The van der Waals surface area contributed by atoms with Crippen molar-refractivity contribution in [2.45, 2.75) is 139 Å². The molecule has 35 nitrogen and oxygen atoms in total. The highest BCUT2D eigenvalue weighted by atomic mass is 32.2. The molecule has 0 bridgehead atoms. The number of pyridine rings is 2. The third kappa shape index (κ3) is 22.1. The first-order chi connectivity index (χ1) is 69.8. The van der Waals surface area contributed by atoms with Gasteiger partial charge in [-0.1, -0.05) is 66.7 Å². The highest BCUT2D eigenvalue weighted by Gasteiger charge is 2.29. The zero-order valence-electron chi connectivity index (χ0n) is 80.8. The third-order valence-electron chi connectivity index (χ3n) is 23.7. The lowest BCUT2D eigenvalue weighted by Crippen LogP contribution is -2.15. The summed E-state index contributed by atoms with van der Waals surface area (Å²) in [6.45, 7) is 20.0. The van der Waals surface area contributed by atoms with Crippen LogP contribution in [0.4, 0.5) is 0 Å². The van der Waals surface area contributed by atoms with Gasteiger partial charge in [0.05, 0.1) is 139 Å². The van der Waals surface area contributed by atoms with Crippen molar-refractivity contribution < 1.29 is 94.5 Å². The number of carbonyl (C=O) groups is 3. The zero-order chi connectivity index (χ0) is 105. The molecule has 147 heavy (non-hydrogen) atoms. The number of nitrogens with one attached hydrogen (secondary N) is 5. The summed E-state index contributed by atoms with van der Waals surface area (Å²) in [5.41, 5.74) is 19.0. The van der Waals surface area contributed by atoms with Crippen LogP contribution in [0.3, 0.4) is 0 Å². The molecular formula is C104H113N17O18S8. The normalized spacial score (nSPS) is 12.1. The lowest BCUT2D eigenvalue weighted by atomic mass is 9.97. The summed E-state index contributed by atoms with van der Waals surface area (Å²) in [5, 5.41) is 39.1. The maximum absolute atomic E-state index is 12.4. The molecule has 0 saturated carbocycles. The first-order valence-corrected chi connectivity index (χ1v) is 55.7.